The second-order valence-electron chi connectivity index (χ2n) is 16.3. The normalized spacial score (nSPS) is 14.0. The van der Waals surface area contributed by atoms with Crippen LogP contribution in [0, 0.1) is 82.8 Å². The number of anilines is 2. The monoisotopic (exact) mass is 901 g/mol. The minimum absolute atomic E-state index is 0.237. The average Bonchev–Trinajstić information content (AvgIpc) is 3.81. The van der Waals surface area contributed by atoms with Gasteiger partial charge in [-0.05, 0) is 108 Å². The van der Waals surface area contributed by atoms with E-state index in [2.05, 4.69) is 183 Å². The predicted molar refractivity (Wildman–Crippen MR) is 256 cm³/mol. The molecule has 0 atom stereocenters. The van der Waals surface area contributed by atoms with Crippen molar-refractivity contribution in [2.24, 2.45) is 4.99 Å². The number of nitrogens with zero attached hydrogens (tertiary/aromatic N) is 3. The molecule has 6 aromatic rings. The number of para-hydroxylation sites is 1. The van der Waals surface area contributed by atoms with E-state index in [1.165, 1.54) is 87.8 Å². The summed E-state index contributed by atoms with van der Waals surface area (Å²) in [6, 6.07) is 35.6. The van der Waals surface area contributed by atoms with E-state index in [0.29, 0.717) is 0 Å². The first-order chi connectivity index (χ1) is 28.7. The Morgan fingerprint density at radius 1 is 0.567 bits per heavy atom. The van der Waals surface area contributed by atoms with Crippen molar-refractivity contribution in [3.05, 3.63) is 199 Å². The maximum atomic E-state index is 9.68. The van der Waals surface area contributed by atoms with Crippen molar-refractivity contribution in [2.45, 2.75) is 76.2 Å². The first-order valence-corrected chi connectivity index (χ1v) is 23.7. The summed E-state index contributed by atoms with van der Waals surface area (Å²) < 4.78 is 1.31. The Hall–Kier alpha value is -5.09. The number of hydrogen-bond acceptors (Lipinski definition) is 4. The zero-order valence-electron chi connectivity index (χ0n) is 37.0. The summed E-state index contributed by atoms with van der Waals surface area (Å²) in [4.78, 5) is 9.30. The van der Waals surface area contributed by atoms with Crippen LogP contribution in [0.1, 0.15) is 83.5 Å². The molecule has 0 amide bonds. The summed E-state index contributed by atoms with van der Waals surface area (Å²) in [7, 11) is 6.19. The molecular weight excluding hydrogens is 843 g/mol. The third kappa shape index (κ3) is 10.1. The van der Waals surface area contributed by atoms with E-state index in [9.17, 15) is 5.11 Å². The Bertz CT molecular complexity index is 2500. The Morgan fingerprint density at radius 3 is 1.55 bits per heavy atom. The molecular formula is C54H58ClN3ORu-. The number of hydrogen-bond donors (Lipinski definition) is 1. The number of benzene rings is 6. The Morgan fingerprint density at radius 2 is 1.03 bits per heavy atom. The number of fused-ring (bicyclic) bond motifs is 1. The Kier molecular flexibility index (Phi) is 14.5. The number of aromatic hydroxyl groups is 1. The van der Waals surface area contributed by atoms with E-state index in [4.69, 9.17) is 9.69 Å². The molecule has 0 unspecified atom stereocenters. The van der Waals surface area contributed by atoms with Crippen molar-refractivity contribution in [1.29, 1.82) is 0 Å². The summed E-state index contributed by atoms with van der Waals surface area (Å²) in [5.74, 6) is 0.253. The molecule has 4 nitrogen and oxygen atoms in total. The van der Waals surface area contributed by atoms with Gasteiger partial charge in [0.05, 0.1) is 5.69 Å². The SMILES string of the molecule is Cc1cc(C)c(N2[CH-]N(c3c(C)cc(C)cc3C)CC2)c(C)c1.Cc1cc(C)c(N=Cc2ccccc2O)c(C)c1.Cc1ccccc1C1=C[C](=[Ru][Cl])c2cccc(C)c21. The number of allylic oxidation sites excluding steroid dienone is 1. The zero-order valence-corrected chi connectivity index (χ0v) is 39.5. The molecule has 0 bridgehead atoms. The first kappa shape index (κ1) is 44.5. The molecule has 0 saturated carbocycles. The van der Waals surface area contributed by atoms with Crippen LogP contribution in [0.25, 0.3) is 5.57 Å². The number of aryl methyl sites for hydroxylation is 11. The fraction of sp³-hybridized carbons (Fsp3) is 0.241. The van der Waals surface area contributed by atoms with E-state index >= 15 is 0 Å². The van der Waals surface area contributed by atoms with Gasteiger partial charge in [0.15, 0.2) is 0 Å². The molecule has 1 aliphatic heterocycles. The third-order valence-electron chi connectivity index (χ3n) is 11.2. The van der Waals surface area contributed by atoms with E-state index in [1.807, 2.05) is 12.1 Å². The fourth-order valence-electron chi connectivity index (χ4n) is 8.83. The Balaban J connectivity index is 0.000000152. The molecule has 2 aliphatic rings. The van der Waals surface area contributed by atoms with E-state index in [1.54, 1.807) is 18.3 Å². The van der Waals surface area contributed by atoms with Crippen LogP contribution in [-0.4, -0.2) is 28.5 Å². The van der Waals surface area contributed by atoms with Crippen LogP contribution >= 0.6 is 9.69 Å². The van der Waals surface area contributed by atoms with Crippen molar-refractivity contribution in [3.63, 3.8) is 0 Å². The van der Waals surface area contributed by atoms with Gasteiger partial charge < -0.3 is 14.9 Å². The topological polar surface area (TPSA) is 39.1 Å². The molecule has 0 spiro atoms. The van der Waals surface area contributed by atoms with Crippen LogP contribution in [0.15, 0.2) is 114 Å². The van der Waals surface area contributed by atoms with Crippen molar-refractivity contribution in [1.82, 2.24) is 0 Å². The van der Waals surface area contributed by atoms with E-state index in [0.717, 1.165) is 35.5 Å². The molecule has 1 aliphatic carbocycles. The summed E-state index contributed by atoms with van der Waals surface area (Å²) in [6.07, 6.45) is 3.99. The molecule has 311 valence electrons. The Labute approximate surface area is 370 Å². The van der Waals surface area contributed by atoms with Crippen LogP contribution in [0.4, 0.5) is 17.1 Å². The van der Waals surface area contributed by atoms with E-state index in [-0.39, 0.29) is 21.4 Å². The number of halogens is 1. The van der Waals surface area contributed by atoms with Gasteiger partial charge in [0.1, 0.15) is 5.75 Å². The minimum atomic E-state index is -0.237. The molecule has 1 heterocycles. The van der Waals surface area contributed by atoms with Crippen molar-refractivity contribution >= 4 is 42.6 Å². The standard InChI is InChI=1S/C21H27N2.C17H14.C16H17NO.ClH.Ru/c1-14-9-16(3)20(17(4)10-14)22-7-8-23(13-22)21-18(5)11-15(2)12-19(21)6;1-12-6-3-4-9-15(12)16-11-10-14-8-5-7-13(2)17(14)16;1-11-8-12(2)16(13(3)9-11)17-10-14-6-4-5-7-15(14)18;;/h9-13H,7-8H2,1-6H3;3-9,11H,1-2H3;4-10,18H,1-3H3;1H;/q-1;;;;+1/p-1. The van der Waals surface area contributed by atoms with Gasteiger partial charge in [0.25, 0.3) is 0 Å². The molecule has 6 heteroatoms. The quantitative estimate of drug-likeness (QED) is 0.106. The maximum absolute atomic E-state index is 9.68. The number of phenolic OH excluding ortho intramolecular Hbond substituents is 1. The average molecular weight is 902 g/mol. The number of rotatable bonds is 5. The van der Waals surface area contributed by atoms with Crippen molar-refractivity contribution in [2.75, 3.05) is 22.9 Å². The van der Waals surface area contributed by atoms with Crippen molar-refractivity contribution < 1.29 is 20.8 Å². The molecule has 1 N–H and O–H groups in total. The summed E-state index contributed by atoms with van der Waals surface area (Å²) in [6.45, 7) is 28.1. The van der Waals surface area contributed by atoms with Crippen LogP contribution in [-0.2, 0) is 15.7 Å². The molecule has 1 fully saturated rings. The molecule has 0 radical (unpaired) electrons. The second-order valence-corrected chi connectivity index (χ2v) is 18.4. The van der Waals surface area contributed by atoms with Gasteiger partial charge >= 0.3 is 125 Å². The van der Waals surface area contributed by atoms with Crippen LogP contribution in [0.2, 0.25) is 0 Å². The molecule has 8 rings (SSSR count). The van der Waals surface area contributed by atoms with Gasteiger partial charge in [-0.2, -0.15) is 6.67 Å². The summed E-state index contributed by atoms with van der Waals surface area (Å²) in [5.41, 5.74) is 24.1. The van der Waals surface area contributed by atoms with Gasteiger partial charge in [-0.25, -0.2) is 0 Å². The van der Waals surface area contributed by atoms with E-state index < -0.39 is 0 Å². The molecule has 60 heavy (non-hydrogen) atoms. The molecule has 1 saturated heterocycles. The molecule has 0 aromatic heterocycles. The number of aliphatic imine (C=N–C) groups is 1. The zero-order chi connectivity index (χ0) is 43.2. The second kappa shape index (κ2) is 19.5. The summed E-state index contributed by atoms with van der Waals surface area (Å²) >= 11 is -0.237. The number of phenols is 1. The molecule has 6 aromatic carbocycles. The first-order valence-electron chi connectivity index (χ1n) is 20.6. The van der Waals surface area contributed by atoms with Gasteiger partial charge in [-0.15, -0.1) is 0 Å². The van der Waals surface area contributed by atoms with Crippen molar-refractivity contribution in [3.8, 4) is 5.75 Å². The van der Waals surface area contributed by atoms with Gasteiger partial charge in [-0.3, -0.25) is 4.99 Å². The fourth-order valence-corrected chi connectivity index (χ4v) is 10.4. The van der Waals surface area contributed by atoms with Gasteiger partial charge in [0.2, 0.25) is 0 Å². The summed E-state index contributed by atoms with van der Waals surface area (Å²) in [5, 5.41) is 9.68. The third-order valence-corrected chi connectivity index (χ3v) is 13.1. The van der Waals surface area contributed by atoms with Gasteiger partial charge in [0, 0.05) is 36.2 Å². The van der Waals surface area contributed by atoms with Crippen LogP contribution < -0.4 is 9.80 Å². The van der Waals surface area contributed by atoms with Crippen LogP contribution in [0.5, 0.6) is 5.75 Å². The van der Waals surface area contributed by atoms with Crippen LogP contribution in [0.3, 0.4) is 0 Å². The predicted octanol–water partition coefficient (Wildman–Crippen LogP) is 13.6. The van der Waals surface area contributed by atoms with Gasteiger partial charge in [-0.1, -0.05) is 65.2 Å².